The number of carbonyl (C=O) groups excluding carboxylic acids is 1. The minimum Gasteiger partial charge on any atom is -0.504 e. The molecule has 0 spiro atoms. The molecule has 9 heteroatoms. The van der Waals surface area contributed by atoms with Crippen molar-refractivity contribution in [2.75, 3.05) is 59.5 Å². The molecule has 0 bridgehead atoms. The molecule has 3 aromatic rings. The fourth-order valence-corrected chi connectivity index (χ4v) is 4.46. The molecule has 38 heavy (non-hydrogen) atoms. The average Bonchev–Trinajstić information content (AvgIpc) is 2.95. The molecule has 0 saturated carbocycles. The van der Waals surface area contributed by atoms with E-state index in [0.29, 0.717) is 65.9 Å². The molecule has 3 aromatic carbocycles. The second-order valence-corrected chi connectivity index (χ2v) is 8.66. The third kappa shape index (κ3) is 5.61. The number of ether oxygens (including phenoxy) is 4. The molecule has 8 nitrogen and oxygen atoms in total. The number of phenols is 1. The zero-order valence-corrected chi connectivity index (χ0v) is 21.9. The van der Waals surface area contributed by atoms with E-state index in [2.05, 4.69) is 4.90 Å². The van der Waals surface area contributed by atoms with Crippen LogP contribution in [-0.2, 0) is 4.79 Å². The fraction of sp³-hybridized carbons (Fsp3) is 0.276. The van der Waals surface area contributed by atoms with Crippen LogP contribution in [0.25, 0.3) is 11.6 Å². The highest BCUT2D eigenvalue weighted by molar-refractivity contribution is 6.24. The number of hydrogen-bond acceptors (Lipinski definition) is 7. The van der Waals surface area contributed by atoms with Crippen LogP contribution < -0.4 is 23.8 Å². The highest BCUT2D eigenvalue weighted by Crippen LogP contribution is 2.41. The van der Waals surface area contributed by atoms with Gasteiger partial charge in [-0.25, -0.2) is 4.39 Å². The van der Waals surface area contributed by atoms with Gasteiger partial charge >= 0.3 is 0 Å². The van der Waals surface area contributed by atoms with Gasteiger partial charge in [0.15, 0.2) is 23.0 Å². The van der Waals surface area contributed by atoms with E-state index in [1.165, 1.54) is 46.6 Å². The molecule has 4 rings (SSSR count). The van der Waals surface area contributed by atoms with Crippen LogP contribution in [0.5, 0.6) is 28.7 Å². The molecule has 0 unspecified atom stereocenters. The first-order valence-electron chi connectivity index (χ1n) is 12.1. The van der Waals surface area contributed by atoms with Crippen LogP contribution in [-0.4, -0.2) is 70.5 Å². The molecule has 0 aromatic heterocycles. The van der Waals surface area contributed by atoms with Gasteiger partial charge in [-0.15, -0.1) is 0 Å². The fourth-order valence-electron chi connectivity index (χ4n) is 4.46. The van der Waals surface area contributed by atoms with E-state index in [4.69, 9.17) is 18.9 Å². The summed E-state index contributed by atoms with van der Waals surface area (Å²) in [6, 6.07) is 14.7. The van der Waals surface area contributed by atoms with Gasteiger partial charge in [0.2, 0.25) is 5.75 Å². The number of methoxy groups -OCH3 is 4. The molecule has 1 amide bonds. The molecular weight excluding hydrogens is 491 g/mol. The summed E-state index contributed by atoms with van der Waals surface area (Å²) >= 11 is 0. The van der Waals surface area contributed by atoms with Gasteiger partial charge in [-0.05, 0) is 65.7 Å². The number of hydrogen-bond donors (Lipinski definition) is 1. The molecule has 0 atom stereocenters. The van der Waals surface area contributed by atoms with E-state index in [-0.39, 0.29) is 17.5 Å². The van der Waals surface area contributed by atoms with Gasteiger partial charge < -0.3 is 33.9 Å². The highest BCUT2D eigenvalue weighted by atomic mass is 19.1. The second-order valence-electron chi connectivity index (χ2n) is 8.66. The Bertz CT molecular complexity index is 1290. The van der Waals surface area contributed by atoms with Gasteiger partial charge in [0.05, 0.1) is 28.4 Å². The first-order chi connectivity index (χ1) is 18.4. The normalized spacial score (nSPS) is 13.8. The average molecular weight is 523 g/mol. The maximum Gasteiger partial charge on any atom is 0.254 e. The van der Waals surface area contributed by atoms with E-state index in [1.807, 2.05) is 0 Å². The number of benzene rings is 3. The number of anilines is 1. The lowest BCUT2D eigenvalue weighted by Gasteiger charge is -2.36. The summed E-state index contributed by atoms with van der Waals surface area (Å²) in [5.74, 6) is 1.07. The van der Waals surface area contributed by atoms with Crippen LogP contribution in [0.3, 0.4) is 0 Å². The number of rotatable bonds is 8. The first kappa shape index (κ1) is 26.7. The van der Waals surface area contributed by atoms with Crippen molar-refractivity contribution in [1.82, 2.24) is 4.90 Å². The minimum absolute atomic E-state index is 0.0362. The Balaban J connectivity index is 1.69. The van der Waals surface area contributed by atoms with Crippen LogP contribution in [0.15, 0.2) is 54.6 Å². The number of nitrogens with zero attached hydrogens (tertiary/aromatic N) is 2. The molecule has 1 saturated heterocycles. The van der Waals surface area contributed by atoms with Crippen molar-refractivity contribution >= 4 is 23.2 Å². The van der Waals surface area contributed by atoms with Crippen molar-refractivity contribution in [3.63, 3.8) is 0 Å². The molecule has 1 fully saturated rings. The summed E-state index contributed by atoms with van der Waals surface area (Å²) in [5, 5.41) is 10.3. The number of piperazine rings is 1. The largest absolute Gasteiger partial charge is 0.504 e. The molecule has 1 aliphatic rings. The zero-order valence-electron chi connectivity index (χ0n) is 21.9. The van der Waals surface area contributed by atoms with Crippen molar-refractivity contribution < 1.29 is 33.2 Å². The van der Waals surface area contributed by atoms with Gasteiger partial charge in [-0.1, -0.05) is 6.07 Å². The van der Waals surface area contributed by atoms with E-state index in [0.717, 1.165) is 5.69 Å². The molecule has 200 valence electrons. The number of halogens is 1. The smallest absolute Gasteiger partial charge is 0.254 e. The molecule has 1 N–H and O–H groups in total. The van der Waals surface area contributed by atoms with Crippen LogP contribution in [0, 0.1) is 5.82 Å². The van der Waals surface area contributed by atoms with Crippen molar-refractivity contribution in [2.24, 2.45) is 0 Å². The van der Waals surface area contributed by atoms with E-state index in [1.54, 1.807) is 47.4 Å². The number of aromatic hydroxyl groups is 1. The van der Waals surface area contributed by atoms with Gasteiger partial charge in [0, 0.05) is 37.4 Å². The monoisotopic (exact) mass is 522 g/mol. The summed E-state index contributed by atoms with van der Waals surface area (Å²) in [5.41, 5.74) is 2.49. The van der Waals surface area contributed by atoms with Gasteiger partial charge in [-0.3, -0.25) is 4.79 Å². The third-order valence-electron chi connectivity index (χ3n) is 6.48. The Morgan fingerprint density at radius 2 is 1.42 bits per heavy atom. The van der Waals surface area contributed by atoms with Crippen LogP contribution in [0.2, 0.25) is 0 Å². The summed E-state index contributed by atoms with van der Waals surface area (Å²) in [6.45, 7) is 2.16. The van der Waals surface area contributed by atoms with Crippen LogP contribution in [0.4, 0.5) is 10.1 Å². The Morgan fingerprint density at radius 3 is 1.95 bits per heavy atom. The predicted molar refractivity (Wildman–Crippen MR) is 144 cm³/mol. The lowest BCUT2D eigenvalue weighted by Crippen LogP contribution is -2.49. The molecule has 0 aliphatic carbocycles. The topological polar surface area (TPSA) is 80.7 Å². The Morgan fingerprint density at radius 1 is 0.816 bits per heavy atom. The van der Waals surface area contributed by atoms with E-state index in [9.17, 15) is 14.3 Å². The van der Waals surface area contributed by atoms with E-state index >= 15 is 0 Å². The van der Waals surface area contributed by atoms with Gasteiger partial charge in [-0.2, -0.15) is 0 Å². The predicted octanol–water partition coefficient (Wildman–Crippen LogP) is 4.46. The minimum atomic E-state index is -0.285. The number of amides is 1. The van der Waals surface area contributed by atoms with Crippen molar-refractivity contribution in [3.8, 4) is 28.7 Å². The van der Waals surface area contributed by atoms with Crippen molar-refractivity contribution in [3.05, 3.63) is 71.5 Å². The summed E-state index contributed by atoms with van der Waals surface area (Å²) in [4.78, 5) is 17.8. The highest BCUT2D eigenvalue weighted by Gasteiger charge is 2.26. The SMILES string of the molecule is COc1ccc(/C=C(/C(=O)N2CCN(c3ccc(F)cc3)CC2)c2cc(OC)c(OC)c(OC)c2)cc1O. The number of carbonyl (C=O) groups is 1. The first-order valence-corrected chi connectivity index (χ1v) is 12.1. The standard InChI is InChI=1S/C29H31FN2O6/c1-35-25-10-5-19(16-24(25)33)15-23(20-17-26(36-2)28(38-4)27(18-20)37-3)29(34)32-13-11-31(12-14-32)22-8-6-21(30)7-9-22/h5-10,15-18,33H,11-14H2,1-4H3/b23-15+. The van der Waals surface area contributed by atoms with Gasteiger partial charge in [0.1, 0.15) is 5.82 Å². The lowest BCUT2D eigenvalue weighted by atomic mass is 9.99. The maximum atomic E-state index is 13.9. The van der Waals surface area contributed by atoms with Crippen molar-refractivity contribution in [1.29, 1.82) is 0 Å². The summed E-state index contributed by atoms with van der Waals surface area (Å²) in [7, 11) is 6.02. The summed E-state index contributed by atoms with van der Waals surface area (Å²) < 4.78 is 35.0. The zero-order chi connectivity index (χ0) is 27.2. The van der Waals surface area contributed by atoms with Crippen molar-refractivity contribution in [2.45, 2.75) is 0 Å². The maximum absolute atomic E-state index is 13.9. The second kappa shape index (κ2) is 11.8. The van der Waals surface area contributed by atoms with Crippen LogP contribution >= 0.6 is 0 Å². The molecule has 0 radical (unpaired) electrons. The Hall–Kier alpha value is -4.40. The molecule has 1 aliphatic heterocycles. The Labute approximate surface area is 221 Å². The van der Waals surface area contributed by atoms with Crippen LogP contribution in [0.1, 0.15) is 11.1 Å². The van der Waals surface area contributed by atoms with E-state index < -0.39 is 0 Å². The molecule has 1 heterocycles. The third-order valence-corrected chi connectivity index (χ3v) is 6.48. The summed E-state index contributed by atoms with van der Waals surface area (Å²) in [6.07, 6.45) is 1.72. The quantitative estimate of drug-likeness (QED) is 0.346. The lowest BCUT2D eigenvalue weighted by molar-refractivity contribution is -0.125. The van der Waals surface area contributed by atoms with Gasteiger partial charge in [0.25, 0.3) is 5.91 Å². The molecular formula is C29H31FN2O6. The Kier molecular flexibility index (Phi) is 8.25. The number of phenolic OH excluding ortho intramolecular Hbond substituents is 1.